The fourth-order valence-corrected chi connectivity index (χ4v) is 6.12. The number of nitrogens with zero attached hydrogens (tertiary/aromatic N) is 4. The van der Waals surface area contributed by atoms with Gasteiger partial charge in [-0.25, -0.2) is 17.6 Å². The number of benzene rings is 2. The molecule has 0 radical (unpaired) electrons. The van der Waals surface area contributed by atoms with Gasteiger partial charge >= 0.3 is 0 Å². The van der Waals surface area contributed by atoms with E-state index in [0.29, 0.717) is 0 Å². The maximum Gasteiger partial charge on any atom is 0.126 e. The lowest BCUT2D eigenvalue weighted by Crippen LogP contribution is -3.00. The Hall–Kier alpha value is -1.12. The SMILES string of the molecule is Fc1cc(F)cc(C[N+]23CCN(CC2)CC3)c1.Fc1cc(F)cc(C[N+]23CCN(CC2)CC3)c1.O.O.[Br-].[Br-]. The van der Waals surface area contributed by atoms with Gasteiger partial charge in [0.15, 0.2) is 0 Å². The third kappa shape index (κ3) is 8.44. The van der Waals surface area contributed by atoms with E-state index in [1.54, 1.807) is 0 Å². The second-order valence-corrected chi connectivity index (χ2v) is 10.6. The summed E-state index contributed by atoms with van der Waals surface area (Å²) in [6, 6.07) is 7.76. The normalized spacial score (nSPS) is 28.4. The first kappa shape index (κ1) is 34.9. The van der Waals surface area contributed by atoms with Gasteiger partial charge in [0.2, 0.25) is 0 Å². The van der Waals surface area contributed by atoms with Crippen LogP contribution in [0.1, 0.15) is 11.1 Å². The van der Waals surface area contributed by atoms with Crippen molar-refractivity contribution in [3.63, 3.8) is 0 Å². The smallest absolute Gasteiger partial charge is 0.126 e. The van der Waals surface area contributed by atoms with E-state index in [1.165, 1.54) is 24.3 Å². The van der Waals surface area contributed by atoms with Crippen LogP contribution in [0, 0.1) is 23.3 Å². The van der Waals surface area contributed by atoms with Crippen molar-refractivity contribution in [3.05, 3.63) is 70.8 Å². The van der Waals surface area contributed by atoms with Gasteiger partial charge in [0.25, 0.3) is 0 Å². The molecule has 6 aliphatic heterocycles. The molecule has 8 rings (SSSR count). The number of hydrogen-bond acceptors (Lipinski definition) is 2. The van der Waals surface area contributed by atoms with Crippen LogP contribution in [0.2, 0.25) is 0 Å². The van der Waals surface area contributed by atoms with Crippen LogP contribution in [-0.4, -0.2) is 108 Å². The first-order chi connectivity index (χ1) is 16.3. The molecule has 4 bridgehead atoms. The van der Waals surface area contributed by atoms with E-state index in [4.69, 9.17) is 0 Å². The Morgan fingerprint density at radius 1 is 0.474 bits per heavy atom. The molecule has 216 valence electrons. The largest absolute Gasteiger partial charge is 1.00 e. The summed E-state index contributed by atoms with van der Waals surface area (Å²) < 4.78 is 54.7. The number of fused-ring (bicyclic) bond motifs is 6. The van der Waals surface area contributed by atoms with Crippen molar-refractivity contribution in [2.24, 2.45) is 0 Å². The summed E-state index contributed by atoms with van der Waals surface area (Å²) in [5.74, 6) is -1.86. The molecule has 0 unspecified atom stereocenters. The Morgan fingerprint density at radius 3 is 0.947 bits per heavy atom. The summed E-state index contributed by atoms with van der Waals surface area (Å²) in [6.45, 7) is 14.9. The molecular formula is C26H38Br2F4N4O2. The summed E-state index contributed by atoms with van der Waals surface area (Å²) >= 11 is 0. The average molecular weight is 674 g/mol. The molecule has 6 heterocycles. The zero-order chi connectivity index (χ0) is 23.8. The fourth-order valence-electron chi connectivity index (χ4n) is 6.12. The van der Waals surface area contributed by atoms with Gasteiger partial charge in [-0.05, 0) is 24.3 Å². The average Bonchev–Trinajstić information content (AvgIpc) is 2.80. The summed E-state index contributed by atoms with van der Waals surface area (Å²) in [4.78, 5) is 4.93. The zero-order valence-corrected chi connectivity index (χ0v) is 24.6. The topological polar surface area (TPSA) is 69.5 Å². The monoisotopic (exact) mass is 672 g/mol. The molecule has 6 fully saturated rings. The Kier molecular flexibility index (Phi) is 13.3. The standard InChI is InChI=1S/2C13H17F2N2.2BrH.2H2O/c2*14-12-7-11(8-13(15)9-12)10-17-4-1-16(2-5-17)3-6-17;;;;/h2*7-9H,1-6,10H2;2*1H;2*1H2/q2*+1;;;;/p-2. The molecule has 0 amide bonds. The van der Waals surface area contributed by atoms with E-state index in [-0.39, 0.29) is 44.9 Å². The minimum absolute atomic E-state index is 0. The van der Waals surface area contributed by atoms with Gasteiger partial charge < -0.3 is 53.9 Å². The summed E-state index contributed by atoms with van der Waals surface area (Å²) in [5.41, 5.74) is 1.58. The van der Waals surface area contributed by atoms with Gasteiger partial charge in [-0.3, -0.25) is 9.80 Å². The minimum Gasteiger partial charge on any atom is -1.00 e. The van der Waals surface area contributed by atoms with Crippen LogP contribution in [0.3, 0.4) is 0 Å². The maximum absolute atomic E-state index is 13.2. The van der Waals surface area contributed by atoms with E-state index in [2.05, 4.69) is 9.80 Å². The summed E-state index contributed by atoms with van der Waals surface area (Å²) in [7, 11) is 0. The highest BCUT2D eigenvalue weighted by atomic mass is 79.9. The van der Waals surface area contributed by atoms with Gasteiger partial charge in [0.05, 0.1) is 39.3 Å². The van der Waals surface area contributed by atoms with Crippen LogP contribution in [0.25, 0.3) is 0 Å². The lowest BCUT2D eigenvalue weighted by molar-refractivity contribution is -0.953. The predicted molar refractivity (Wildman–Crippen MR) is 130 cm³/mol. The summed E-state index contributed by atoms with van der Waals surface area (Å²) in [5, 5.41) is 0. The highest BCUT2D eigenvalue weighted by molar-refractivity contribution is 5.18. The summed E-state index contributed by atoms with van der Waals surface area (Å²) in [6.07, 6.45) is 0. The van der Waals surface area contributed by atoms with Gasteiger partial charge in [0.1, 0.15) is 36.4 Å². The molecule has 12 heteroatoms. The number of piperazine rings is 6. The predicted octanol–water partition coefficient (Wildman–Crippen LogP) is -4.42. The van der Waals surface area contributed by atoms with Crippen molar-refractivity contribution in [2.75, 3.05) is 78.5 Å². The van der Waals surface area contributed by atoms with Crippen LogP contribution in [0.4, 0.5) is 17.6 Å². The number of quaternary nitrogens is 2. The van der Waals surface area contributed by atoms with Crippen molar-refractivity contribution >= 4 is 0 Å². The quantitative estimate of drug-likeness (QED) is 0.243. The van der Waals surface area contributed by atoms with Crippen molar-refractivity contribution in [1.29, 1.82) is 0 Å². The number of halogens is 6. The first-order valence-electron chi connectivity index (χ1n) is 12.4. The Labute approximate surface area is 243 Å². The Bertz CT molecular complexity index is 887. The molecule has 4 N–H and O–H groups in total. The first-order valence-corrected chi connectivity index (χ1v) is 12.4. The van der Waals surface area contributed by atoms with E-state index in [9.17, 15) is 17.6 Å². The van der Waals surface area contributed by atoms with Gasteiger partial charge in [-0.1, -0.05) is 0 Å². The van der Waals surface area contributed by atoms with E-state index in [0.717, 1.165) is 124 Å². The van der Waals surface area contributed by atoms with Crippen LogP contribution in [0.5, 0.6) is 0 Å². The molecule has 2 aromatic rings. The molecule has 0 saturated carbocycles. The third-order valence-corrected chi connectivity index (χ3v) is 8.22. The van der Waals surface area contributed by atoms with E-state index < -0.39 is 23.3 Å². The molecule has 6 aliphatic rings. The molecule has 0 atom stereocenters. The molecule has 6 saturated heterocycles. The Morgan fingerprint density at radius 2 is 0.711 bits per heavy atom. The van der Waals surface area contributed by atoms with Crippen LogP contribution < -0.4 is 34.0 Å². The second kappa shape index (κ2) is 14.5. The number of hydrogen-bond donors (Lipinski definition) is 0. The lowest BCUT2D eigenvalue weighted by atomic mass is 10.1. The zero-order valence-electron chi connectivity index (χ0n) is 21.4. The van der Waals surface area contributed by atoms with Crippen LogP contribution in [0.15, 0.2) is 36.4 Å². The molecule has 6 nitrogen and oxygen atoms in total. The molecule has 2 aromatic carbocycles. The number of rotatable bonds is 4. The Balaban J connectivity index is 0.000000344. The minimum atomic E-state index is -0.464. The molecule has 0 spiro atoms. The van der Waals surface area contributed by atoms with E-state index in [1.807, 2.05) is 0 Å². The lowest BCUT2D eigenvalue weighted by Gasteiger charge is -2.50. The van der Waals surface area contributed by atoms with Crippen molar-refractivity contribution in [2.45, 2.75) is 13.1 Å². The fraction of sp³-hybridized carbons (Fsp3) is 0.538. The molecule has 0 aliphatic carbocycles. The third-order valence-electron chi connectivity index (χ3n) is 8.22. The van der Waals surface area contributed by atoms with Crippen molar-refractivity contribution in [3.8, 4) is 0 Å². The second-order valence-electron chi connectivity index (χ2n) is 10.6. The van der Waals surface area contributed by atoms with Crippen LogP contribution >= 0.6 is 0 Å². The maximum atomic E-state index is 13.2. The van der Waals surface area contributed by atoms with Crippen molar-refractivity contribution in [1.82, 2.24) is 9.80 Å². The highest BCUT2D eigenvalue weighted by Crippen LogP contribution is 2.25. The van der Waals surface area contributed by atoms with Crippen LogP contribution in [-0.2, 0) is 13.1 Å². The molecule has 38 heavy (non-hydrogen) atoms. The van der Waals surface area contributed by atoms with Gasteiger partial charge in [-0.15, -0.1) is 0 Å². The van der Waals surface area contributed by atoms with E-state index >= 15 is 0 Å². The van der Waals surface area contributed by atoms with Crippen molar-refractivity contribution < 1.29 is 71.4 Å². The van der Waals surface area contributed by atoms with Gasteiger partial charge in [-0.2, -0.15) is 0 Å². The molecular weight excluding hydrogens is 636 g/mol. The highest BCUT2D eigenvalue weighted by Gasteiger charge is 2.39. The van der Waals surface area contributed by atoms with Gasteiger partial charge in [0, 0.05) is 62.5 Å². The molecule has 0 aromatic heterocycles.